The molecule has 1 heterocycles. The van der Waals surface area contributed by atoms with E-state index in [1.165, 1.54) is 0 Å². The molecule has 1 rings (SSSR count). The molecule has 3 nitrogen and oxygen atoms in total. The molecule has 0 saturated carbocycles. The van der Waals surface area contributed by atoms with Gasteiger partial charge in [0.15, 0.2) is 0 Å². The van der Waals surface area contributed by atoms with Crippen molar-refractivity contribution in [1.82, 2.24) is 0 Å². The summed E-state index contributed by atoms with van der Waals surface area (Å²) in [5.41, 5.74) is 0.454. The van der Waals surface area contributed by atoms with Gasteiger partial charge in [0.25, 0.3) is 0 Å². The van der Waals surface area contributed by atoms with Crippen molar-refractivity contribution >= 4 is 13.4 Å². The molecular weight excluding hydrogens is 174 g/mol. The molecule has 5 heteroatoms. The maximum atomic E-state index is 12.6. The van der Waals surface area contributed by atoms with Crippen LogP contribution in [0, 0.1) is 0 Å². The molecule has 13 heavy (non-hydrogen) atoms. The van der Waals surface area contributed by atoms with Crippen molar-refractivity contribution in [3.05, 3.63) is 11.3 Å². The van der Waals surface area contributed by atoms with Gasteiger partial charge in [0.05, 0.1) is 11.3 Å². The highest BCUT2D eigenvalue weighted by molar-refractivity contribution is 6.40. The molecule has 0 aromatic rings. The van der Waals surface area contributed by atoms with Gasteiger partial charge in [0.2, 0.25) is 0 Å². The summed E-state index contributed by atoms with van der Waals surface area (Å²) >= 11 is 0. The zero-order valence-corrected chi connectivity index (χ0v) is 7.80. The zero-order chi connectivity index (χ0) is 9.84. The van der Waals surface area contributed by atoms with E-state index in [1.807, 2.05) is 13.8 Å². The van der Waals surface area contributed by atoms with Crippen molar-refractivity contribution in [3.63, 3.8) is 0 Å². The topological polar surface area (TPSA) is 35.5 Å². The van der Waals surface area contributed by atoms with Crippen LogP contribution in [0.1, 0.15) is 33.1 Å². The molecule has 0 aliphatic carbocycles. The third-order valence-corrected chi connectivity index (χ3v) is 1.85. The molecule has 72 valence electrons. The number of rotatable bonds is 3. The highest BCUT2D eigenvalue weighted by atomic mass is 19.1. The van der Waals surface area contributed by atoms with E-state index in [2.05, 4.69) is 4.65 Å². The number of carbonyl (C=O) groups is 1. The van der Waals surface area contributed by atoms with Crippen LogP contribution in [0.3, 0.4) is 0 Å². The van der Waals surface area contributed by atoms with E-state index < -0.39 is 13.4 Å². The van der Waals surface area contributed by atoms with Gasteiger partial charge in [-0.25, -0.2) is 9.11 Å². The fourth-order valence-electron chi connectivity index (χ4n) is 1.25. The molecule has 0 unspecified atom stereocenters. The van der Waals surface area contributed by atoms with Crippen molar-refractivity contribution in [2.24, 2.45) is 0 Å². The quantitative estimate of drug-likeness (QED) is 0.632. The maximum Gasteiger partial charge on any atom is 0.832 e. The van der Waals surface area contributed by atoms with Crippen molar-refractivity contribution in [1.29, 1.82) is 0 Å². The third-order valence-electron chi connectivity index (χ3n) is 1.85. The molecule has 0 fully saturated rings. The van der Waals surface area contributed by atoms with Crippen LogP contribution in [0.4, 0.5) is 4.32 Å². The number of allylic oxidation sites excluding steroid dienone is 1. The van der Waals surface area contributed by atoms with E-state index in [0.717, 1.165) is 6.42 Å². The normalized spacial score (nSPS) is 17.2. The Labute approximate surface area is 77.1 Å². The van der Waals surface area contributed by atoms with E-state index in [0.29, 0.717) is 24.2 Å². The molecule has 0 bridgehead atoms. The molecule has 0 atom stereocenters. The van der Waals surface area contributed by atoms with Gasteiger partial charge in [0, 0.05) is 6.42 Å². The molecule has 0 spiro atoms. The van der Waals surface area contributed by atoms with Crippen LogP contribution in [-0.2, 0) is 14.1 Å². The summed E-state index contributed by atoms with van der Waals surface area (Å²) in [5, 5.41) is 0. The van der Waals surface area contributed by atoms with Crippen LogP contribution in [0.2, 0.25) is 0 Å². The van der Waals surface area contributed by atoms with Gasteiger partial charge >= 0.3 is 13.4 Å². The standard InChI is InChI=1S/C8H12BFO3/c1-3-5-7-6(4-2)8(11)13-9(10)12-7/h3-5H2,1-2H3. The van der Waals surface area contributed by atoms with E-state index in [-0.39, 0.29) is 0 Å². The van der Waals surface area contributed by atoms with Crippen LogP contribution in [0.5, 0.6) is 0 Å². The van der Waals surface area contributed by atoms with Crippen LogP contribution in [0.15, 0.2) is 11.3 Å². The van der Waals surface area contributed by atoms with Gasteiger partial charge in [-0.3, -0.25) is 0 Å². The first-order chi connectivity index (χ1) is 6.19. The minimum Gasteiger partial charge on any atom is -0.501 e. The van der Waals surface area contributed by atoms with E-state index in [9.17, 15) is 9.11 Å². The van der Waals surface area contributed by atoms with Crippen molar-refractivity contribution in [2.75, 3.05) is 0 Å². The van der Waals surface area contributed by atoms with E-state index in [4.69, 9.17) is 4.65 Å². The molecule has 0 radical (unpaired) electrons. The average molecular weight is 186 g/mol. The Balaban J connectivity index is 2.85. The van der Waals surface area contributed by atoms with Crippen LogP contribution in [-0.4, -0.2) is 13.4 Å². The summed E-state index contributed by atoms with van der Waals surface area (Å²) in [6, 6.07) is 0. The predicted octanol–water partition coefficient (Wildman–Crippen LogP) is 1.98. The minimum absolute atomic E-state index is 0.439. The lowest BCUT2D eigenvalue weighted by atomic mass is 10.1. The molecule has 1 aliphatic heterocycles. The van der Waals surface area contributed by atoms with Gasteiger partial charge in [-0.2, -0.15) is 0 Å². The van der Waals surface area contributed by atoms with Crippen LogP contribution in [0.25, 0.3) is 0 Å². The third kappa shape index (κ3) is 2.23. The molecule has 0 amide bonds. The summed E-state index contributed by atoms with van der Waals surface area (Å²) in [6.07, 6.45) is 1.92. The summed E-state index contributed by atoms with van der Waals surface area (Å²) in [4.78, 5) is 11.1. The lowest BCUT2D eigenvalue weighted by molar-refractivity contribution is -0.134. The molecule has 0 N–H and O–H groups in total. The van der Waals surface area contributed by atoms with Crippen molar-refractivity contribution in [3.8, 4) is 0 Å². The minimum atomic E-state index is -1.93. The van der Waals surface area contributed by atoms with E-state index in [1.54, 1.807) is 0 Å². The molecule has 0 aromatic carbocycles. The fourth-order valence-corrected chi connectivity index (χ4v) is 1.25. The fraction of sp³-hybridized carbons (Fsp3) is 0.625. The molecular formula is C8H12BFO3. The second-order valence-corrected chi connectivity index (χ2v) is 2.80. The van der Waals surface area contributed by atoms with Crippen molar-refractivity contribution < 1.29 is 18.4 Å². The number of hydrogen-bond donors (Lipinski definition) is 0. The summed E-state index contributed by atoms with van der Waals surface area (Å²) in [5.74, 6) is -0.154. The Kier molecular flexibility index (Phi) is 3.34. The van der Waals surface area contributed by atoms with Gasteiger partial charge in [-0.05, 0) is 12.8 Å². The zero-order valence-electron chi connectivity index (χ0n) is 7.80. The number of halogens is 1. The Morgan fingerprint density at radius 3 is 2.62 bits per heavy atom. The van der Waals surface area contributed by atoms with Gasteiger partial charge in [-0.1, -0.05) is 13.8 Å². The molecule has 0 saturated heterocycles. The van der Waals surface area contributed by atoms with E-state index >= 15 is 0 Å². The molecule has 0 aromatic heterocycles. The first kappa shape index (κ1) is 10.1. The maximum absolute atomic E-state index is 12.6. The Bertz CT molecular complexity index is 240. The van der Waals surface area contributed by atoms with Crippen LogP contribution >= 0.6 is 0 Å². The van der Waals surface area contributed by atoms with Crippen molar-refractivity contribution in [2.45, 2.75) is 33.1 Å². The van der Waals surface area contributed by atoms with Gasteiger partial charge in [-0.15, -0.1) is 0 Å². The lowest BCUT2D eigenvalue weighted by Crippen LogP contribution is -2.29. The molecule has 1 aliphatic rings. The first-order valence-electron chi connectivity index (χ1n) is 4.42. The number of hydrogen-bond acceptors (Lipinski definition) is 3. The first-order valence-corrected chi connectivity index (χ1v) is 4.42. The average Bonchev–Trinajstić information content (AvgIpc) is 2.04. The predicted molar refractivity (Wildman–Crippen MR) is 46.3 cm³/mol. The number of carbonyl (C=O) groups excluding carboxylic acids is 1. The lowest BCUT2D eigenvalue weighted by Gasteiger charge is -2.20. The Hall–Kier alpha value is -0.995. The monoisotopic (exact) mass is 186 g/mol. The summed E-state index contributed by atoms with van der Waals surface area (Å²) < 4.78 is 21.7. The largest absolute Gasteiger partial charge is 0.832 e. The smallest absolute Gasteiger partial charge is 0.501 e. The van der Waals surface area contributed by atoms with Gasteiger partial charge < -0.3 is 9.31 Å². The summed E-state index contributed by atoms with van der Waals surface area (Å²) in [7, 11) is -1.93. The second kappa shape index (κ2) is 4.30. The SMILES string of the molecule is CCCC1=C(CC)C(=O)OB(F)O1. The highest BCUT2D eigenvalue weighted by Gasteiger charge is 2.35. The van der Waals surface area contributed by atoms with Crippen LogP contribution < -0.4 is 0 Å². The highest BCUT2D eigenvalue weighted by Crippen LogP contribution is 2.23. The summed E-state index contributed by atoms with van der Waals surface area (Å²) in [6.45, 7) is 3.75. The Morgan fingerprint density at radius 1 is 1.38 bits per heavy atom. The second-order valence-electron chi connectivity index (χ2n) is 2.80. The Morgan fingerprint density at radius 2 is 2.08 bits per heavy atom. The van der Waals surface area contributed by atoms with Gasteiger partial charge in [0.1, 0.15) is 0 Å².